The molecule has 0 aliphatic heterocycles. The molecule has 2 aromatic carbocycles. The van der Waals surface area contributed by atoms with Crippen LogP contribution in [0.1, 0.15) is 114 Å². The summed E-state index contributed by atoms with van der Waals surface area (Å²) < 4.78 is 17.5. The lowest BCUT2D eigenvalue weighted by molar-refractivity contribution is -0.120. The van der Waals surface area contributed by atoms with Gasteiger partial charge in [-0.2, -0.15) is 0 Å². The number of nitrogens with one attached hydrogen (secondary N) is 1. The van der Waals surface area contributed by atoms with Crippen LogP contribution in [0.2, 0.25) is 0 Å². The van der Waals surface area contributed by atoms with Crippen LogP contribution >= 0.6 is 9.24 Å². The SMILES string of the molecule is C=C=C(OC(=C)c1ccc(CN(C(=O)[C@H](CC)NC(=O)OC(C)(C)C)c2cc(-c3nnc(C(C)(C)C)o3)ccc2C)cc1)C(C)(C)C.C=O.CC.CP.[HH]. The van der Waals surface area contributed by atoms with Crippen LogP contribution in [0.4, 0.5) is 10.5 Å². The summed E-state index contributed by atoms with van der Waals surface area (Å²) in [4.78, 5) is 36.7. The van der Waals surface area contributed by atoms with Crippen molar-refractivity contribution in [1.82, 2.24) is 15.5 Å². The van der Waals surface area contributed by atoms with Gasteiger partial charge in [-0.05, 0) is 57.4 Å². The quantitative estimate of drug-likeness (QED) is 0.123. The molecule has 3 rings (SSSR count). The molecule has 1 heterocycles. The third-order valence-corrected chi connectivity index (χ3v) is 7.16. The fourth-order valence-corrected chi connectivity index (χ4v) is 4.55. The highest BCUT2D eigenvalue weighted by molar-refractivity contribution is 7.15. The van der Waals surface area contributed by atoms with Crippen LogP contribution < -0.4 is 10.2 Å². The molecule has 3 aromatic rings. The van der Waals surface area contributed by atoms with Gasteiger partial charge in [-0.1, -0.05) is 118 Å². The number of nitrogens with zero attached hydrogens (tertiary/aromatic N) is 3. The molecule has 0 spiro atoms. The van der Waals surface area contributed by atoms with Crippen LogP contribution in [0.15, 0.2) is 71.5 Å². The van der Waals surface area contributed by atoms with Crippen molar-refractivity contribution in [3.8, 4) is 11.5 Å². The Morgan fingerprint density at radius 1 is 0.981 bits per heavy atom. The third kappa shape index (κ3) is 15.2. The molecule has 0 bridgehead atoms. The number of anilines is 1. The van der Waals surface area contributed by atoms with E-state index in [2.05, 4.69) is 43.6 Å². The Morgan fingerprint density at radius 2 is 1.55 bits per heavy atom. The summed E-state index contributed by atoms with van der Waals surface area (Å²) in [5, 5.41) is 11.3. The van der Waals surface area contributed by atoms with Gasteiger partial charge in [-0.3, -0.25) is 4.79 Å². The molecule has 0 saturated carbocycles. The smallest absolute Gasteiger partial charge is 0.408 e. The zero-order valence-electron chi connectivity index (χ0n) is 34.5. The number of hydrogen-bond acceptors (Lipinski definition) is 8. The molecule has 0 aliphatic rings. The van der Waals surface area contributed by atoms with Gasteiger partial charge in [0, 0.05) is 29.1 Å². The molecule has 1 aromatic heterocycles. The van der Waals surface area contributed by atoms with E-state index in [4.69, 9.17) is 18.7 Å². The summed E-state index contributed by atoms with van der Waals surface area (Å²) in [6.07, 6.45) is -0.302. The normalized spacial score (nSPS) is 11.4. The Balaban J connectivity index is 0. The number of carbonyl (C=O) groups excluding carboxylic acids is 3. The maximum atomic E-state index is 14.3. The number of allylic oxidation sites excluding steroid dienone is 1. The van der Waals surface area contributed by atoms with Crippen molar-refractivity contribution in [3.63, 3.8) is 0 Å². The number of ether oxygens (including phenoxy) is 2. The van der Waals surface area contributed by atoms with E-state index in [9.17, 15) is 9.59 Å². The van der Waals surface area contributed by atoms with Crippen molar-refractivity contribution < 1.29 is 29.7 Å². The Bertz CT molecular complexity index is 1680. The Morgan fingerprint density at radius 3 is 2.00 bits per heavy atom. The number of alkyl carbamates (subject to hydrolysis) is 1. The minimum absolute atomic E-state index is 0. The van der Waals surface area contributed by atoms with Crippen molar-refractivity contribution in [2.45, 2.75) is 120 Å². The first-order valence-corrected chi connectivity index (χ1v) is 18.9. The Kier molecular flexibility index (Phi) is 20.0. The second-order valence-corrected chi connectivity index (χ2v) is 14.7. The molecule has 53 heavy (non-hydrogen) atoms. The first-order chi connectivity index (χ1) is 24.7. The topological polar surface area (TPSA) is 124 Å². The molecule has 11 heteroatoms. The van der Waals surface area contributed by atoms with Crippen molar-refractivity contribution in [1.29, 1.82) is 0 Å². The van der Waals surface area contributed by atoms with Crippen LogP contribution in [0.3, 0.4) is 0 Å². The summed E-state index contributed by atoms with van der Waals surface area (Å²) in [7, 11) is 2.42. The molecule has 0 aliphatic carbocycles. The monoisotopic (exact) mass is 752 g/mol. The number of benzene rings is 2. The number of rotatable bonds is 10. The molecule has 1 N–H and O–H groups in total. The predicted octanol–water partition coefficient (Wildman–Crippen LogP) is 10.5. The summed E-state index contributed by atoms with van der Waals surface area (Å²) in [5.41, 5.74) is 5.38. The summed E-state index contributed by atoms with van der Waals surface area (Å²) in [6, 6.07) is 12.5. The highest BCUT2D eigenvalue weighted by atomic mass is 31.0. The largest absolute Gasteiger partial charge is 0.453 e. The lowest BCUT2D eigenvalue weighted by Gasteiger charge is -2.30. The van der Waals surface area contributed by atoms with E-state index in [-0.39, 0.29) is 24.7 Å². The maximum Gasteiger partial charge on any atom is 0.408 e. The zero-order valence-corrected chi connectivity index (χ0v) is 35.7. The molecule has 2 amide bonds. The number of carbonyl (C=O) groups is 3. The zero-order chi connectivity index (χ0) is 41.3. The van der Waals surface area contributed by atoms with Crippen LogP contribution in [-0.2, 0) is 31.0 Å². The van der Waals surface area contributed by atoms with Crippen LogP contribution in [0.25, 0.3) is 17.2 Å². The van der Waals surface area contributed by atoms with Crippen molar-refractivity contribution >= 4 is 39.5 Å². The highest BCUT2D eigenvalue weighted by Gasteiger charge is 2.30. The van der Waals surface area contributed by atoms with E-state index < -0.39 is 17.7 Å². The minimum Gasteiger partial charge on any atom is -0.453 e. The Labute approximate surface area is 322 Å². The first kappa shape index (κ1) is 48.5. The van der Waals surface area contributed by atoms with E-state index in [0.717, 1.165) is 16.7 Å². The van der Waals surface area contributed by atoms with Crippen molar-refractivity contribution in [2.24, 2.45) is 5.41 Å². The number of aromatic nitrogens is 2. The molecular weight excluding hydrogens is 687 g/mol. The van der Waals surface area contributed by atoms with Gasteiger partial charge in [0.25, 0.3) is 0 Å². The van der Waals surface area contributed by atoms with Gasteiger partial charge in [-0.25, -0.2) is 4.79 Å². The van der Waals surface area contributed by atoms with Gasteiger partial charge >= 0.3 is 6.09 Å². The van der Waals surface area contributed by atoms with Gasteiger partial charge in [0.15, 0.2) is 5.76 Å². The van der Waals surface area contributed by atoms with Crippen LogP contribution in [0.5, 0.6) is 0 Å². The second kappa shape index (κ2) is 21.9. The number of aryl methyl sites for hydroxylation is 1. The van der Waals surface area contributed by atoms with Crippen molar-refractivity contribution in [2.75, 3.05) is 11.6 Å². The van der Waals surface area contributed by atoms with Gasteiger partial charge in [-0.15, -0.1) is 19.4 Å². The van der Waals surface area contributed by atoms with Gasteiger partial charge in [0.05, 0.1) is 6.54 Å². The molecule has 0 radical (unpaired) electrons. The van der Waals surface area contributed by atoms with E-state index in [1.165, 1.54) is 0 Å². The second-order valence-electron chi connectivity index (χ2n) is 14.7. The van der Waals surface area contributed by atoms with E-state index in [0.29, 0.717) is 41.0 Å². The Hall–Kier alpha value is -4.52. The fourth-order valence-electron chi connectivity index (χ4n) is 4.55. The molecule has 0 saturated heterocycles. The maximum absolute atomic E-state index is 14.3. The first-order valence-electron chi connectivity index (χ1n) is 17.7. The predicted molar refractivity (Wildman–Crippen MR) is 223 cm³/mol. The lowest BCUT2D eigenvalue weighted by atomic mass is 9.94. The summed E-state index contributed by atoms with van der Waals surface area (Å²) >= 11 is 0. The van der Waals surface area contributed by atoms with Gasteiger partial charge in [0.1, 0.15) is 24.2 Å². The average molecular weight is 753 g/mol. The minimum atomic E-state index is -0.835. The van der Waals surface area contributed by atoms with Gasteiger partial charge < -0.3 is 28.9 Å². The summed E-state index contributed by atoms with van der Waals surface area (Å²) in [6.45, 7) is 37.2. The molecule has 1 unspecified atom stereocenters. The van der Waals surface area contributed by atoms with Crippen LogP contribution in [-0.4, -0.2) is 47.3 Å². The molecule has 294 valence electrons. The lowest BCUT2D eigenvalue weighted by Crippen LogP contribution is -2.49. The van der Waals surface area contributed by atoms with E-state index in [1.54, 1.807) is 25.7 Å². The standard InChI is InChI=1S/C38H50N4O5.C2H6.CH2O.CH5P.H2/c1-14-29(39-35(44)47-38(11,12)13)33(43)42(23-26-17-20-27(21-18-26)25(4)45-31(15-2)36(5,6)7)30-22-28(19-16-24(30)3)32-40-41-34(46-32)37(8,9)10;3*1-2;/h16-22,29H,2,4,14,23H2,1,3,5-13H3,(H,39,44);1-2H3;1H2;2H2,1H3;1H/t29-;;;;/m0..../s1. The molecular formula is C42H65N4O6P. The molecule has 2 atom stereocenters. The summed E-state index contributed by atoms with van der Waals surface area (Å²) in [5.74, 6) is 1.64. The van der Waals surface area contributed by atoms with Crippen LogP contribution in [0, 0.1) is 12.3 Å². The molecule has 0 fully saturated rings. The number of amides is 2. The average Bonchev–Trinajstić information content (AvgIpc) is 3.62. The van der Waals surface area contributed by atoms with Gasteiger partial charge in [0.2, 0.25) is 17.7 Å². The van der Waals surface area contributed by atoms with E-state index in [1.807, 2.05) is 125 Å². The molecule has 10 nitrogen and oxygen atoms in total. The van der Waals surface area contributed by atoms with Crippen molar-refractivity contribution in [3.05, 3.63) is 89.7 Å². The fraction of sp³-hybridized carbons (Fsp3) is 0.476. The third-order valence-electron chi connectivity index (χ3n) is 7.16. The van der Waals surface area contributed by atoms with E-state index >= 15 is 0 Å². The number of hydrogen-bond donors (Lipinski definition) is 1. The highest BCUT2D eigenvalue weighted by Crippen LogP contribution is 2.33.